The SMILES string of the molecule is CN(C)C(=O)C(=O)c1ccccc1. The maximum Gasteiger partial charge on any atom is 0.294 e. The van der Waals surface area contributed by atoms with E-state index in [2.05, 4.69) is 0 Å². The summed E-state index contributed by atoms with van der Waals surface area (Å²) in [7, 11) is 3.12. The van der Waals surface area contributed by atoms with Gasteiger partial charge in [0.1, 0.15) is 0 Å². The molecule has 0 radical (unpaired) electrons. The van der Waals surface area contributed by atoms with Crippen molar-refractivity contribution in [1.82, 2.24) is 4.90 Å². The standard InChI is InChI=1S/C10H11NO2/c1-11(2)10(13)9(12)8-6-4-3-5-7-8/h3-7H,1-2H3. The molecule has 13 heavy (non-hydrogen) atoms. The number of Topliss-reactive ketones (excluding diaryl/α,β-unsaturated/α-hetero) is 1. The maximum atomic E-state index is 11.4. The molecule has 3 nitrogen and oxygen atoms in total. The van der Waals surface area contributed by atoms with E-state index in [0.717, 1.165) is 0 Å². The molecule has 1 aromatic carbocycles. The Hall–Kier alpha value is -1.64. The minimum atomic E-state index is -0.494. The molecule has 0 aliphatic carbocycles. The van der Waals surface area contributed by atoms with Gasteiger partial charge < -0.3 is 4.90 Å². The Morgan fingerprint density at radius 2 is 1.62 bits per heavy atom. The fraction of sp³-hybridized carbons (Fsp3) is 0.200. The zero-order valence-corrected chi connectivity index (χ0v) is 7.65. The Labute approximate surface area is 77.0 Å². The molecule has 0 N–H and O–H groups in total. The number of ketones is 1. The molecule has 1 amide bonds. The van der Waals surface area contributed by atoms with Crippen molar-refractivity contribution in [3.8, 4) is 0 Å². The Kier molecular flexibility index (Phi) is 2.80. The molecule has 1 aromatic rings. The van der Waals surface area contributed by atoms with E-state index in [4.69, 9.17) is 0 Å². The van der Waals surface area contributed by atoms with E-state index in [9.17, 15) is 9.59 Å². The first-order valence-corrected chi connectivity index (χ1v) is 3.94. The molecule has 0 saturated heterocycles. The lowest BCUT2D eigenvalue weighted by molar-refractivity contribution is -0.124. The molecule has 1 rings (SSSR count). The summed E-state index contributed by atoms with van der Waals surface area (Å²) >= 11 is 0. The van der Waals surface area contributed by atoms with Crippen LogP contribution in [0.25, 0.3) is 0 Å². The second-order valence-electron chi connectivity index (χ2n) is 2.89. The third-order valence-corrected chi connectivity index (χ3v) is 1.64. The van der Waals surface area contributed by atoms with Crippen molar-refractivity contribution in [2.45, 2.75) is 0 Å². The molecule has 0 fully saturated rings. The summed E-state index contributed by atoms with van der Waals surface area (Å²) in [6.07, 6.45) is 0. The molecule has 0 aromatic heterocycles. The van der Waals surface area contributed by atoms with Crippen molar-refractivity contribution in [2.75, 3.05) is 14.1 Å². The van der Waals surface area contributed by atoms with Crippen LogP contribution in [0.4, 0.5) is 0 Å². The van der Waals surface area contributed by atoms with Gasteiger partial charge in [-0.1, -0.05) is 30.3 Å². The summed E-state index contributed by atoms with van der Waals surface area (Å²) in [5, 5.41) is 0. The first-order valence-electron chi connectivity index (χ1n) is 3.94. The largest absolute Gasteiger partial charge is 0.342 e. The zero-order valence-electron chi connectivity index (χ0n) is 7.65. The predicted octanol–water partition coefficient (Wildman–Crippen LogP) is 0.958. The first-order chi connectivity index (χ1) is 6.13. The normalized spacial score (nSPS) is 9.38. The van der Waals surface area contributed by atoms with Crippen LogP contribution in [0.1, 0.15) is 10.4 Å². The summed E-state index contributed by atoms with van der Waals surface area (Å²) in [6.45, 7) is 0. The van der Waals surface area contributed by atoms with Gasteiger partial charge in [-0.25, -0.2) is 0 Å². The minimum absolute atomic E-state index is 0.432. The van der Waals surface area contributed by atoms with Crippen LogP contribution in [0.15, 0.2) is 30.3 Å². The molecule has 0 atom stereocenters. The van der Waals surface area contributed by atoms with Gasteiger partial charge in [0.05, 0.1) is 0 Å². The molecular weight excluding hydrogens is 166 g/mol. The molecule has 0 heterocycles. The van der Waals surface area contributed by atoms with Gasteiger partial charge in [0, 0.05) is 19.7 Å². The highest BCUT2D eigenvalue weighted by Crippen LogP contribution is 2.01. The summed E-state index contributed by atoms with van der Waals surface area (Å²) in [5.41, 5.74) is 0.432. The quantitative estimate of drug-likeness (QED) is 0.498. The smallest absolute Gasteiger partial charge is 0.294 e. The molecule has 0 bridgehead atoms. The lowest BCUT2D eigenvalue weighted by atomic mass is 10.1. The first kappa shape index (κ1) is 9.45. The van der Waals surface area contributed by atoms with Crippen LogP contribution in [0.5, 0.6) is 0 Å². The van der Waals surface area contributed by atoms with Crippen molar-refractivity contribution < 1.29 is 9.59 Å². The third kappa shape index (κ3) is 2.15. The van der Waals surface area contributed by atoms with Crippen molar-refractivity contribution in [3.63, 3.8) is 0 Å². The van der Waals surface area contributed by atoms with Gasteiger partial charge in [0.25, 0.3) is 5.91 Å². The lowest BCUT2D eigenvalue weighted by Crippen LogP contribution is -2.29. The van der Waals surface area contributed by atoms with Gasteiger partial charge in [-0.05, 0) is 0 Å². The van der Waals surface area contributed by atoms with Crippen LogP contribution in [-0.4, -0.2) is 30.7 Å². The Morgan fingerprint density at radius 1 is 1.08 bits per heavy atom. The Bertz CT molecular complexity index is 317. The van der Waals surface area contributed by atoms with E-state index in [-0.39, 0.29) is 0 Å². The molecule has 68 valence electrons. The number of likely N-dealkylation sites (N-methyl/N-ethyl adjacent to an activating group) is 1. The number of carbonyl (C=O) groups is 2. The van der Waals surface area contributed by atoms with Crippen LogP contribution >= 0.6 is 0 Å². The van der Waals surface area contributed by atoms with Gasteiger partial charge in [-0.3, -0.25) is 9.59 Å². The topological polar surface area (TPSA) is 37.4 Å². The van der Waals surface area contributed by atoms with Crippen LogP contribution in [0.3, 0.4) is 0 Å². The number of hydrogen-bond acceptors (Lipinski definition) is 2. The Morgan fingerprint density at radius 3 is 2.08 bits per heavy atom. The summed E-state index contributed by atoms with van der Waals surface area (Å²) in [4.78, 5) is 23.9. The number of nitrogens with zero attached hydrogens (tertiary/aromatic N) is 1. The van der Waals surface area contributed by atoms with E-state index >= 15 is 0 Å². The number of hydrogen-bond donors (Lipinski definition) is 0. The number of benzene rings is 1. The molecule has 0 aliphatic heterocycles. The lowest BCUT2D eigenvalue weighted by Gasteiger charge is -2.08. The van der Waals surface area contributed by atoms with Crippen molar-refractivity contribution in [2.24, 2.45) is 0 Å². The molecule has 0 saturated carbocycles. The molecule has 0 aliphatic rings. The van der Waals surface area contributed by atoms with Gasteiger partial charge in [-0.15, -0.1) is 0 Å². The average Bonchev–Trinajstić information content (AvgIpc) is 2.17. The number of carbonyl (C=O) groups excluding carboxylic acids is 2. The van der Waals surface area contributed by atoms with Crippen LogP contribution < -0.4 is 0 Å². The van der Waals surface area contributed by atoms with Gasteiger partial charge >= 0.3 is 0 Å². The minimum Gasteiger partial charge on any atom is -0.342 e. The summed E-state index contributed by atoms with van der Waals surface area (Å²) in [6, 6.07) is 8.52. The van der Waals surface area contributed by atoms with E-state index in [1.165, 1.54) is 4.90 Å². The van der Waals surface area contributed by atoms with Crippen molar-refractivity contribution in [3.05, 3.63) is 35.9 Å². The summed E-state index contributed by atoms with van der Waals surface area (Å²) < 4.78 is 0. The zero-order chi connectivity index (χ0) is 9.84. The predicted molar refractivity (Wildman–Crippen MR) is 49.5 cm³/mol. The van der Waals surface area contributed by atoms with Crippen LogP contribution in [0, 0.1) is 0 Å². The van der Waals surface area contributed by atoms with Gasteiger partial charge in [0.15, 0.2) is 0 Å². The number of amides is 1. The van der Waals surface area contributed by atoms with E-state index in [0.29, 0.717) is 5.56 Å². The highest BCUT2D eigenvalue weighted by Gasteiger charge is 2.16. The maximum absolute atomic E-state index is 11.4. The number of rotatable bonds is 2. The van der Waals surface area contributed by atoms with E-state index < -0.39 is 11.7 Å². The fourth-order valence-electron chi connectivity index (χ4n) is 0.916. The second-order valence-corrected chi connectivity index (χ2v) is 2.89. The average molecular weight is 177 g/mol. The van der Waals surface area contributed by atoms with Gasteiger partial charge in [-0.2, -0.15) is 0 Å². The van der Waals surface area contributed by atoms with Gasteiger partial charge in [0.2, 0.25) is 5.78 Å². The Balaban J connectivity index is 2.87. The third-order valence-electron chi connectivity index (χ3n) is 1.64. The van der Waals surface area contributed by atoms with Crippen molar-refractivity contribution in [1.29, 1.82) is 0 Å². The van der Waals surface area contributed by atoms with Crippen LogP contribution in [0.2, 0.25) is 0 Å². The van der Waals surface area contributed by atoms with Crippen LogP contribution in [-0.2, 0) is 4.79 Å². The molecular formula is C10H11NO2. The second kappa shape index (κ2) is 3.85. The molecule has 0 spiro atoms. The fourth-order valence-corrected chi connectivity index (χ4v) is 0.916. The van der Waals surface area contributed by atoms with Crippen molar-refractivity contribution >= 4 is 11.7 Å². The highest BCUT2D eigenvalue weighted by atomic mass is 16.2. The molecule has 0 unspecified atom stereocenters. The van der Waals surface area contributed by atoms with E-state index in [1.54, 1.807) is 44.4 Å². The van der Waals surface area contributed by atoms with E-state index in [1.807, 2.05) is 0 Å². The molecule has 3 heteroatoms. The monoisotopic (exact) mass is 177 g/mol. The highest BCUT2D eigenvalue weighted by molar-refractivity contribution is 6.42. The summed E-state index contributed by atoms with van der Waals surface area (Å²) in [5.74, 6) is -0.961.